The van der Waals surface area contributed by atoms with Crippen molar-refractivity contribution in [1.82, 2.24) is 14.7 Å². The van der Waals surface area contributed by atoms with Gasteiger partial charge in [0, 0.05) is 29.8 Å². The Bertz CT molecular complexity index is 863. The van der Waals surface area contributed by atoms with Crippen LogP contribution in [0.25, 0.3) is 0 Å². The van der Waals surface area contributed by atoms with Gasteiger partial charge in [0.2, 0.25) is 5.91 Å². The molecule has 1 aromatic heterocycles. The van der Waals surface area contributed by atoms with Crippen LogP contribution in [0.3, 0.4) is 0 Å². The molecule has 0 saturated carbocycles. The maximum absolute atomic E-state index is 12.3. The molecule has 0 fully saturated rings. The standard InChI is InChI=1S/C21H22BrN3O2/c1-24(21(26)11-12-27-20-9-7-19(22)8-10-20)14-18-13-23-25(16-18)15-17-5-3-2-4-6-17/h2-10,13,16H,11-12,14-15H2,1H3. The minimum atomic E-state index is 0.0444. The fraction of sp³-hybridized carbons (Fsp3) is 0.238. The van der Waals surface area contributed by atoms with Crippen LogP contribution >= 0.6 is 15.9 Å². The van der Waals surface area contributed by atoms with E-state index in [0.29, 0.717) is 19.6 Å². The molecular formula is C21H22BrN3O2. The van der Waals surface area contributed by atoms with Crippen molar-refractivity contribution in [3.8, 4) is 5.75 Å². The van der Waals surface area contributed by atoms with Gasteiger partial charge in [-0.3, -0.25) is 9.48 Å². The molecule has 27 heavy (non-hydrogen) atoms. The number of carbonyl (C=O) groups is 1. The molecule has 0 radical (unpaired) electrons. The van der Waals surface area contributed by atoms with Crippen LogP contribution in [0, 0.1) is 0 Å². The quantitative estimate of drug-likeness (QED) is 0.542. The zero-order valence-corrected chi connectivity index (χ0v) is 16.8. The van der Waals surface area contributed by atoms with Gasteiger partial charge in [-0.05, 0) is 29.8 Å². The molecule has 0 aliphatic carbocycles. The Balaban J connectivity index is 1.44. The predicted molar refractivity (Wildman–Crippen MR) is 108 cm³/mol. The van der Waals surface area contributed by atoms with Crippen molar-refractivity contribution in [2.24, 2.45) is 0 Å². The van der Waals surface area contributed by atoms with Gasteiger partial charge < -0.3 is 9.64 Å². The largest absolute Gasteiger partial charge is 0.493 e. The minimum Gasteiger partial charge on any atom is -0.493 e. The lowest BCUT2D eigenvalue weighted by atomic mass is 10.2. The van der Waals surface area contributed by atoms with Gasteiger partial charge in [-0.15, -0.1) is 0 Å². The first kappa shape index (κ1) is 19.2. The molecule has 0 aliphatic heterocycles. The van der Waals surface area contributed by atoms with Gasteiger partial charge in [0.05, 0.1) is 25.8 Å². The molecule has 0 saturated heterocycles. The van der Waals surface area contributed by atoms with Gasteiger partial charge >= 0.3 is 0 Å². The average molecular weight is 428 g/mol. The molecule has 0 atom stereocenters. The summed E-state index contributed by atoms with van der Waals surface area (Å²) in [6, 6.07) is 17.8. The van der Waals surface area contributed by atoms with Gasteiger partial charge in [0.1, 0.15) is 5.75 Å². The van der Waals surface area contributed by atoms with Crippen LogP contribution < -0.4 is 4.74 Å². The van der Waals surface area contributed by atoms with Crippen LogP contribution in [-0.4, -0.2) is 34.2 Å². The lowest BCUT2D eigenvalue weighted by Crippen LogP contribution is -2.27. The Morgan fingerprint density at radius 2 is 1.85 bits per heavy atom. The Labute approximate surface area is 167 Å². The third kappa shape index (κ3) is 5.96. The summed E-state index contributed by atoms with van der Waals surface area (Å²) in [5, 5.41) is 4.38. The highest BCUT2D eigenvalue weighted by Gasteiger charge is 2.11. The van der Waals surface area contributed by atoms with Crippen LogP contribution in [-0.2, 0) is 17.9 Å². The molecule has 3 rings (SSSR count). The second-order valence-electron chi connectivity index (χ2n) is 6.33. The normalized spacial score (nSPS) is 10.6. The van der Waals surface area contributed by atoms with Crippen LogP contribution in [0.4, 0.5) is 0 Å². The third-order valence-electron chi connectivity index (χ3n) is 4.12. The molecular weight excluding hydrogens is 406 g/mol. The second kappa shape index (κ2) is 9.37. The zero-order chi connectivity index (χ0) is 19.1. The van der Waals surface area contributed by atoms with E-state index < -0.39 is 0 Å². The zero-order valence-electron chi connectivity index (χ0n) is 15.2. The van der Waals surface area contributed by atoms with E-state index in [1.165, 1.54) is 5.56 Å². The number of hydrogen-bond donors (Lipinski definition) is 0. The Hall–Kier alpha value is -2.60. The van der Waals surface area contributed by atoms with E-state index in [0.717, 1.165) is 22.3 Å². The SMILES string of the molecule is CN(Cc1cnn(Cc2ccccc2)c1)C(=O)CCOc1ccc(Br)cc1. The highest BCUT2D eigenvalue weighted by Crippen LogP contribution is 2.16. The maximum atomic E-state index is 12.3. The summed E-state index contributed by atoms with van der Waals surface area (Å²) in [4.78, 5) is 14.0. The lowest BCUT2D eigenvalue weighted by Gasteiger charge is -2.16. The molecule has 140 valence electrons. The van der Waals surface area contributed by atoms with Crippen molar-refractivity contribution < 1.29 is 9.53 Å². The average Bonchev–Trinajstić information content (AvgIpc) is 3.10. The van der Waals surface area contributed by atoms with Gasteiger partial charge in [0.15, 0.2) is 0 Å². The summed E-state index contributed by atoms with van der Waals surface area (Å²) < 4.78 is 8.50. The number of nitrogens with zero attached hydrogens (tertiary/aromatic N) is 3. The Morgan fingerprint density at radius 1 is 1.11 bits per heavy atom. The van der Waals surface area contributed by atoms with E-state index in [2.05, 4.69) is 33.2 Å². The van der Waals surface area contributed by atoms with Gasteiger partial charge in [0.25, 0.3) is 0 Å². The number of hydrogen-bond acceptors (Lipinski definition) is 3. The molecule has 1 heterocycles. The van der Waals surface area contributed by atoms with E-state index in [4.69, 9.17) is 4.74 Å². The first-order valence-electron chi connectivity index (χ1n) is 8.78. The molecule has 0 bridgehead atoms. The molecule has 3 aromatic rings. The first-order valence-corrected chi connectivity index (χ1v) is 9.57. The highest BCUT2D eigenvalue weighted by molar-refractivity contribution is 9.10. The molecule has 5 nitrogen and oxygen atoms in total. The highest BCUT2D eigenvalue weighted by atomic mass is 79.9. The van der Waals surface area contributed by atoms with Crippen LogP contribution in [0.1, 0.15) is 17.5 Å². The van der Waals surface area contributed by atoms with Crippen LogP contribution in [0.15, 0.2) is 71.5 Å². The molecule has 2 aromatic carbocycles. The van der Waals surface area contributed by atoms with Gasteiger partial charge in [-0.1, -0.05) is 46.3 Å². The van der Waals surface area contributed by atoms with Crippen molar-refractivity contribution in [2.45, 2.75) is 19.5 Å². The number of ether oxygens (including phenoxy) is 1. The first-order chi connectivity index (χ1) is 13.1. The fourth-order valence-electron chi connectivity index (χ4n) is 2.68. The van der Waals surface area contributed by atoms with Gasteiger partial charge in [-0.25, -0.2) is 0 Å². The number of amides is 1. The lowest BCUT2D eigenvalue weighted by molar-refractivity contribution is -0.130. The van der Waals surface area contributed by atoms with Crippen molar-refractivity contribution >= 4 is 21.8 Å². The predicted octanol–water partition coefficient (Wildman–Crippen LogP) is 4.12. The van der Waals surface area contributed by atoms with E-state index in [9.17, 15) is 4.79 Å². The summed E-state index contributed by atoms with van der Waals surface area (Å²) in [7, 11) is 1.80. The maximum Gasteiger partial charge on any atom is 0.226 e. The monoisotopic (exact) mass is 427 g/mol. The molecule has 0 N–H and O–H groups in total. The van der Waals surface area contributed by atoms with E-state index in [-0.39, 0.29) is 5.91 Å². The third-order valence-corrected chi connectivity index (χ3v) is 4.65. The van der Waals surface area contributed by atoms with Crippen molar-refractivity contribution in [1.29, 1.82) is 0 Å². The van der Waals surface area contributed by atoms with Crippen molar-refractivity contribution in [3.63, 3.8) is 0 Å². The minimum absolute atomic E-state index is 0.0444. The summed E-state index contributed by atoms with van der Waals surface area (Å²) in [6.07, 6.45) is 4.13. The summed E-state index contributed by atoms with van der Waals surface area (Å²) >= 11 is 3.38. The molecule has 1 amide bonds. The summed E-state index contributed by atoms with van der Waals surface area (Å²) in [5.41, 5.74) is 2.21. The fourth-order valence-corrected chi connectivity index (χ4v) is 2.95. The molecule has 6 heteroatoms. The topological polar surface area (TPSA) is 47.4 Å². The van der Waals surface area contributed by atoms with Crippen molar-refractivity contribution in [2.75, 3.05) is 13.7 Å². The van der Waals surface area contributed by atoms with Crippen molar-refractivity contribution in [3.05, 3.63) is 82.6 Å². The summed E-state index contributed by atoms with van der Waals surface area (Å²) in [5.74, 6) is 0.804. The van der Waals surface area contributed by atoms with E-state index >= 15 is 0 Å². The van der Waals surface area contributed by atoms with E-state index in [1.54, 1.807) is 11.9 Å². The van der Waals surface area contributed by atoms with Crippen LogP contribution in [0.2, 0.25) is 0 Å². The molecule has 0 spiro atoms. The van der Waals surface area contributed by atoms with E-state index in [1.807, 2.05) is 59.5 Å². The molecule has 0 unspecified atom stereocenters. The summed E-state index contributed by atoms with van der Waals surface area (Å²) in [6.45, 7) is 1.61. The smallest absolute Gasteiger partial charge is 0.226 e. The number of rotatable bonds is 8. The number of aromatic nitrogens is 2. The number of halogens is 1. The Morgan fingerprint density at radius 3 is 2.59 bits per heavy atom. The number of carbonyl (C=O) groups excluding carboxylic acids is 1. The Kier molecular flexibility index (Phi) is 6.65. The van der Waals surface area contributed by atoms with Gasteiger partial charge in [-0.2, -0.15) is 5.10 Å². The second-order valence-corrected chi connectivity index (χ2v) is 7.25. The van der Waals surface area contributed by atoms with Crippen LogP contribution in [0.5, 0.6) is 5.75 Å². The number of benzene rings is 2. The molecule has 0 aliphatic rings.